The fourth-order valence-corrected chi connectivity index (χ4v) is 3.47. The molecule has 0 aromatic rings. The number of carbonyl (C=O) groups is 2. The number of rotatable bonds is 9. The molecule has 2 amide bonds. The largest absolute Gasteiger partial charge is 0.444 e. The molecule has 0 aromatic heterocycles. The van der Waals surface area contributed by atoms with Gasteiger partial charge in [0.1, 0.15) is 5.60 Å². The van der Waals surface area contributed by atoms with Crippen LogP contribution in [0, 0.1) is 0 Å². The van der Waals surface area contributed by atoms with Crippen molar-refractivity contribution in [3.05, 3.63) is 0 Å². The van der Waals surface area contributed by atoms with Crippen molar-refractivity contribution < 1.29 is 14.3 Å². The molecule has 1 aliphatic rings. The maximum absolute atomic E-state index is 12.4. The Bertz CT molecular complexity index is 591. The number of nitrogens with one attached hydrogen (secondary N) is 4. The van der Waals surface area contributed by atoms with Crippen molar-refractivity contribution in [2.45, 2.75) is 84.4 Å². The number of likely N-dealkylation sites (N-methyl/N-ethyl adjacent to an activating group) is 1. The van der Waals surface area contributed by atoms with E-state index < -0.39 is 17.2 Å². The second kappa shape index (κ2) is 12.7. The zero-order valence-corrected chi connectivity index (χ0v) is 20.6. The quantitative estimate of drug-likeness (QED) is 0.322. The van der Waals surface area contributed by atoms with Gasteiger partial charge in [-0.2, -0.15) is 0 Å². The second-order valence-electron chi connectivity index (χ2n) is 9.18. The maximum Gasteiger partial charge on any atom is 0.408 e. The molecule has 9 nitrogen and oxygen atoms in total. The average Bonchev–Trinajstić information content (AvgIpc) is 2.71. The summed E-state index contributed by atoms with van der Waals surface area (Å²) < 4.78 is 5.46. The monoisotopic (exact) mass is 440 g/mol. The number of piperidine rings is 1. The summed E-state index contributed by atoms with van der Waals surface area (Å²) >= 11 is 0. The molecule has 1 fully saturated rings. The Kier molecular flexibility index (Phi) is 11.1. The number of hydrogen-bond donors (Lipinski definition) is 4. The third kappa shape index (κ3) is 10.2. The zero-order valence-electron chi connectivity index (χ0n) is 20.6. The summed E-state index contributed by atoms with van der Waals surface area (Å²) in [7, 11) is 1.67. The number of carbonyl (C=O) groups excluding carboxylic acids is 2. The molecule has 0 unspecified atom stereocenters. The van der Waals surface area contributed by atoms with E-state index in [2.05, 4.69) is 40.0 Å². The van der Waals surface area contributed by atoms with Gasteiger partial charge < -0.3 is 26.0 Å². The van der Waals surface area contributed by atoms with Crippen LogP contribution in [0.1, 0.15) is 67.2 Å². The van der Waals surface area contributed by atoms with Crippen LogP contribution in [0.2, 0.25) is 0 Å². The molecule has 0 aromatic carbocycles. The first-order valence-electron chi connectivity index (χ1n) is 11.5. The topological polar surface area (TPSA) is 107 Å². The van der Waals surface area contributed by atoms with Gasteiger partial charge >= 0.3 is 6.09 Å². The minimum absolute atomic E-state index is 0.0502. The molecule has 1 rings (SSSR count). The summed E-state index contributed by atoms with van der Waals surface area (Å²) in [6.07, 6.45) is 2.99. The van der Waals surface area contributed by atoms with Crippen molar-refractivity contribution in [2.24, 2.45) is 4.99 Å². The molecule has 0 saturated carbocycles. The van der Waals surface area contributed by atoms with Gasteiger partial charge in [0, 0.05) is 32.7 Å². The molecule has 0 spiro atoms. The second-order valence-corrected chi connectivity index (χ2v) is 9.18. The van der Waals surface area contributed by atoms with E-state index in [0.717, 1.165) is 51.3 Å². The molecular weight excluding hydrogens is 396 g/mol. The molecular formula is C22H44N6O3. The van der Waals surface area contributed by atoms with E-state index in [-0.39, 0.29) is 5.91 Å². The summed E-state index contributed by atoms with van der Waals surface area (Å²) in [6.45, 7) is 15.1. The van der Waals surface area contributed by atoms with E-state index in [9.17, 15) is 9.59 Å². The van der Waals surface area contributed by atoms with E-state index in [1.807, 2.05) is 27.7 Å². The highest BCUT2D eigenvalue weighted by Gasteiger charge is 2.31. The molecule has 1 saturated heterocycles. The smallest absolute Gasteiger partial charge is 0.408 e. The van der Waals surface area contributed by atoms with Crippen LogP contribution < -0.4 is 21.3 Å². The highest BCUT2D eigenvalue weighted by atomic mass is 16.6. The number of alkyl carbamates (subject to hydrolysis) is 1. The highest BCUT2D eigenvalue weighted by molar-refractivity contribution is 5.80. The molecule has 31 heavy (non-hydrogen) atoms. The Morgan fingerprint density at radius 2 is 1.71 bits per heavy atom. The Labute approximate surface area is 188 Å². The van der Waals surface area contributed by atoms with Crippen molar-refractivity contribution in [1.29, 1.82) is 0 Å². The summed E-state index contributed by atoms with van der Waals surface area (Å²) in [5.74, 6) is 0.804. The number of guanidine groups is 1. The Morgan fingerprint density at radius 1 is 1.10 bits per heavy atom. The summed E-state index contributed by atoms with van der Waals surface area (Å²) in [4.78, 5) is 30.9. The average molecular weight is 441 g/mol. The predicted octanol–water partition coefficient (Wildman–Crippen LogP) is 1.84. The van der Waals surface area contributed by atoms with Gasteiger partial charge in [-0.3, -0.25) is 14.7 Å². The molecule has 0 radical (unpaired) electrons. The van der Waals surface area contributed by atoms with Crippen LogP contribution in [0.25, 0.3) is 0 Å². The van der Waals surface area contributed by atoms with E-state index in [4.69, 9.17) is 9.73 Å². The molecule has 1 aliphatic heterocycles. The summed E-state index contributed by atoms with van der Waals surface area (Å²) in [5, 5.41) is 12.6. The number of hydrogen-bond acceptors (Lipinski definition) is 5. The molecule has 9 heteroatoms. The lowest BCUT2D eigenvalue weighted by Gasteiger charge is -2.34. The van der Waals surface area contributed by atoms with Crippen molar-refractivity contribution in [3.63, 3.8) is 0 Å². The van der Waals surface area contributed by atoms with Crippen LogP contribution in [0.4, 0.5) is 4.79 Å². The lowest BCUT2D eigenvalue weighted by molar-refractivity contribution is -0.122. The number of aliphatic imine (C=N–C) groups is 1. The Hall–Kier alpha value is -2.03. The van der Waals surface area contributed by atoms with Gasteiger partial charge in [0.15, 0.2) is 5.96 Å². The molecule has 0 atom stereocenters. The van der Waals surface area contributed by atoms with E-state index in [0.29, 0.717) is 19.1 Å². The molecule has 0 bridgehead atoms. The molecule has 4 N–H and O–H groups in total. The first-order valence-corrected chi connectivity index (χ1v) is 11.5. The minimum atomic E-state index is -0.538. The molecule has 180 valence electrons. The van der Waals surface area contributed by atoms with Gasteiger partial charge in [-0.15, -0.1) is 0 Å². The van der Waals surface area contributed by atoms with Gasteiger partial charge in [-0.1, -0.05) is 13.8 Å². The standard InChI is InChI=1S/C22H44N6O3/c1-8-22(9-2,27-20(30)31-21(4,5)6)16-25-19(24-10-3)26-17-11-13-28(14-12-17)15-18(29)23-7/h17H,8-16H2,1-7H3,(H,23,29)(H,27,30)(H2,24,25,26). The van der Waals surface area contributed by atoms with Crippen LogP contribution in [0.5, 0.6) is 0 Å². The SMILES string of the molecule is CCNC(=NCC(CC)(CC)NC(=O)OC(C)(C)C)NC1CCN(CC(=O)NC)CC1. The normalized spacial score (nSPS) is 16.5. The summed E-state index contributed by atoms with van der Waals surface area (Å²) in [6, 6.07) is 0.301. The van der Waals surface area contributed by atoms with Gasteiger partial charge in [-0.25, -0.2) is 4.79 Å². The third-order valence-electron chi connectivity index (χ3n) is 5.58. The Balaban J connectivity index is 2.72. The fraction of sp³-hybridized carbons (Fsp3) is 0.864. The fourth-order valence-electron chi connectivity index (χ4n) is 3.47. The zero-order chi connectivity index (χ0) is 23.5. The Morgan fingerprint density at radius 3 is 2.19 bits per heavy atom. The van der Waals surface area contributed by atoms with Crippen LogP contribution in [0.3, 0.4) is 0 Å². The predicted molar refractivity (Wildman–Crippen MR) is 125 cm³/mol. The van der Waals surface area contributed by atoms with Crippen molar-refractivity contribution >= 4 is 18.0 Å². The molecule has 1 heterocycles. The first kappa shape index (κ1) is 27.0. The van der Waals surface area contributed by atoms with E-state index in [1.165, 1.54) is 0 Å². The van der Waals surface area contributed by atoms with E-state index >= 15 is 0 Å². The molecule has 0 aliphatic carbocycles. The van der Waals surface area contributed by atoms with Gasteiger partial charge in [0.05, 0.1) is 18.6 Å². The number of amides is 2. The van der Waals surface area contributed by atoms with Crippen LogP contribution in [-0.4, -0.2) is 79.8 Å². The van der Waals surface area contributed by atoms with Crippen molar-refractivity contribution in [1.82, 2.24) is 26.2 Å². The first-order chi connectivity index (χ1) is 14.6. The summed E-state index contributed by atoms with van der Waals surface area (Å²) in [5.41, 5.74) is -0.995. The third-order valence-corrected chi connectivity index (χ3v) is 5.58. The lowest BCUT2D eigenvalue weighted by Crippen LogP contribution is -2.53. The van der Waals surface area contributed by atoms with Crippen LogP contribution >= 0.6 is 0 Å². The number of ether oxygens (including phenoxy) is 1. The van der Waals surface area contributed by atoms with Crippen LogP contribution in [0.15, 0.2) is 4.99 Å². The van der Waals surface area contributed by atoms with Crippen molar-refractivity contribution in [3.8, 4) is 0 Å². The van der Waals surface area contributed by atoms with E-state index in [1.54, 1.807) is 7.05 Å². The highest BCUT2D eigenvalue weighted by Crippen LogP contribution is 2.18. The van der Waals surface area contributed by atoms with Gasteiger partial charge in [0.25, 0.3) is 0 Å². The number of nitrogens with zero attached hydrogens (tertiary/aromatic N) is 2. The van der Waals surface area contributed by atoms with Crippen LogP contribution in [-0.2, 0) is 9.53 Å². The lowest BCUT2D eigenvalue weighted by atomic mass is 9.93. The number of likely N-dealkylation sites (tertiary alicyclic amines) is 1. The maximum atomic E-state index is 12.4. The van der Waals surface area contributed by atoms with Crippen molar-refractivity contribution in [2.75, 3.05) is 39.8 Å². The minimum Gasteiger partial charge on any atom is -0.444 e. The van der Waals surface area contributed by atoms with Gasteiger partial charge in [0.2, 0.25) is 5.91 Å². The van der Waals surface area contributed by atoms with Gasteiger partial charge in [-0.05, 0) is 53.4 Å².